The predicted molar refractivity (Wildman–Crippen MR) is 117 cm³/mol. The van der Waals surface area contributed by atoms with Crippen molar-refractivity contribution in [3.8, 4) is 0 Å². The van der Waals surface area contributed by atoms with Crippen molar-refractivity contribution in [3.63, 3.8) is 0 Å². The minimum Gasteiger partial charge on any atom is -0.481 e. The van der Waals surface area contributed by atoms with E-state index in [0.29, 0.717) is 13.1 Å². The Morgan fingerprint density at radius 2 is 1.36 bits per heavy atom. The quantitative estimate of drug-likeness (QED) is 0.271. The van der Waals surface area contributed by atoms with E-state index in [1.165, 1.54) is 64.2 Å². The number of carboxylic acids is 1. The smallest absolute Gasteiger partial charge is 0.304 e. The third-order valence-electron chi connectivity index (χ3n) is 4.91. The van der Waals surface area contributed by atoms with Gasteiger partial charge in [0.15, 0.2) is 0 Å². The summed E-state index contributed by atoms with van der Waals surface area (Å²) in [6.45, 7) is 3.73. The van der Waals surface area contributed by atoms with Gasteiger partial charge in [-0.2, -0.15) is 0 Å². The summed E-state index contributed by atoms with van der Waals surface area (Å²) in [7, 11) is 3.79. The summed E-state index contributed by atoms with van der Waals surface area (Å²) in [4.78, 5) is 24.7. The van der Waals surface area contributed by atoms with Crippen LogP contribution in [0.15, 0.2) is 0 Å². The van der Waals surface area contributed by atoms with Gasteiger partial charge >= 0.3 is 5.97 Å². The number of hydrogen-bond donors (Lipinski definition) is 3. The number of rotatable bonds is 20. The van der Waals surface area contributed by atoms with Crippen LogP contribution in [0.1, 0.15) is 90.4 Å². The number of carboxylic acid groups (broad SMARTS) is 1. The average Bonchev–Trinajstić information content (AvgIpc) is 2.62. The molecule has 0 saturated carbocycles. The molecule has 0 fully saturated rings. The molecule has 1 amide bonds. The lowest BCUT2D eigenvalue weighted by Gasteiger charge is -2.20. The van der Waals surface area contributed by atoms with E-state index in [1.54, 1.807) is 0 Å². The summed E-state index contributed by atoms with van der Waals surface area (Å²) in [5.74, 6) is -0.909. The predicted octanol–water partition coefficient (Wildman–Crippen LogP) is 3.80. The summed E-state index contributed by atoms with van der Waals surface area (Å²) < 4.78 is 0. The summed E-state index contributed by atoms with van der Waals surface area (Å²) in [6, 6.07) is -0.218. The highest BCUT2D eigenvalue weighted by molar-refractivity contribution is 5.78. The number of carbonyl (C=O) groups is 2. The monoisotopic (exact) mass is 399 g/mol. The van der Waals surface area contributed by atoms with Crippen LogP contribution in [0.25, 0.3) is 0 Å². The normalized spacial score (nSPS) is 12.3. The van der Waals surface area contributed by atoms with Gasteiger partial charge < -0.3 is 20.6 Å². The van der Waals surface area contributed by atoms with Crippen molar-refractivity contribution in [2.45, 2.75) is 96.4 Å². The van der Waals surface area contributed by atoms with Crippen LogP contribution in [0.4, 0.5) is 0 Å². The molecule has 28 heavy (non-hydrogen) atoms. The van der Waals surface area contributed by atoms with Crippen LogP contribution in [-0.2, 0) is 9.59 Å². The second-order valence-corrected chi connectivity index (χ2v) is 8.18. The van der Waals surface area contributed by atoms with Crippen LogP contribution in [-0.4, -0.2) is 61.7 Å². The molecule has 3 N–H and O–H groups in total. The molecular weight excluding hydrogens is 354 g/mol. The van der Waals surface area contributed by atoms with Gasteiger partial charge in [0, 0.05) is 19.1 Å². The third kappa shape index (κ3) is 19.6. The third-order valence-corrected chi connectivity index (χ3v) is 4.91. The van der Waals surface area contributed by atoms with E-state index in [4.69, 9.17) is 5.11 Å². The molecule has 0 saturated heterocycles. The number of aliphatic carboxylic acids is 1. The average molecular weight is 400 g/mol. The second kappa shape index (κ2) is 19.2. The minimum absolute atomic E-state index is 0.0181. The molecule has 0 spiro atoms. The van der Waals surface area contributed by atoms with Gasteiger partial charge in [0.1, 0.15) is 0 Å². The summed E-state index contributed by atoms with van der Waals surface area (Å²) >= 11 is 0. The van der Waals surface area contributed by atoms with Crippen molar-refractivity contribution >= 4 is 11.9 Å². The maximum atomic E-state index is 11.9. The number of carbonyl (C=O) groups excluding carboxylic acids is 1. The van der Waals surface area contributed by atoms with Crippen LogP contribution in [0.3, 0.4) is 0 Å². The Hall–Kier alpha value is -1.14. The van der Waals surface area contributed by atoms with Gasteiger partial charge in [0.25, 0.3) is 0 Å². The van der Waals surface area contributed by atoms with Gasteiger partial charge in [0.2, 0.25) is 5.91 Å². The van der Waals surface area contributed by atoms with Crippen LogP contribution in [0, 0.1) is 0 Å². The molecule has 6 nitrogen and oxygen atoms in total. The highest BCUT2D eigenvalue weighted by Crippen LogP contribution is 2.11. The first-order valence-electron chi connectivity index (χ1n) is 11.3. The fraction of sp³-hybridized carbons (Fsp3) is 0.909. The molecule has 1 atom stereocenters. The lowest BCUT2D eigenvalue weighted by Crippen LogP contribution is -2.44. The lowest BCUT2D eigenvalue weighted by molar-refractivity contribution is -0.137. The first kappa shape index (κ1) is 26.9. The summed E-state index contributed by atoms with van der Waals surface area (Å²) in [5.41, 5.74) is 0. The van der Waals surface area contributed by atoms with Crippen molar-refractivity contribution < 1.29 is 14.7 Å². The molecule has 0 rings (SSSR count). The SMILES string of the molecule is CCCCCCCCCCCCCCNC(=O)CN[C@H](CC(=O)O)CN(C)C. The highest BCUT2D eigenvalue weighted by atomic mass is 16.4. The Balaban J connectivity index is 3.50. The van der Waals surface area contributed by atoms with E-state index >= 15 is 0 Å². The van der Waals surface area contributed by atoms with Crippen LogP contribution < -0.4 is 10.6 Å². The van der Waals surface area contributed by atoms with E-state index in [2.05, 4.69) is 17.6 Å². The zero-order chi connectivity index (χ0) is 21.0. The molecule has 0 aromatic carbocycles. The molecular formula is C22H45N3O3. The molecule has 6 heteroatoms. The Bertz CT molecular complexity index is 389. The molecule has 0 aromatic heterocycles. The van der Waals surface area contributed by atoms with Gasteiger partial charge in [0.05, 0.1) is 13.0 Å². The minimum atomic E-state index is -0.851. The fourth-order valence-corrected chi connectivity index (χ4v) is 3.35. The number of nitrogens with zero attached hydrogens (tertiary/aromatic N) is 1. The van der Waals surface area contributed by atoms with Gasteiger partial charge in [-0.15, -0.1) is 0 Å². The van der Waals surface area contributed by atoms with E-state index in [-0.39, 0.29) is 24.9 Å². The molecule has 0 bridgehead atoms. The molecule has 0 aliphatic carbocycles. The fourth-order valence-electron chi connectivity index (χ4n) is 3.35. The molecule has 0 radical (unpaired) electrons. The molecule has 0 unspecified atom stereocenters. The second-order valence-electron chi connectivity index (χ2n) is 8.18. The Morgan fingerprint density at radius 3 is 1.82 bits per heavy atom. The van der Waals surface area contributed by atoms with Gasteiger partial charge in [-0.1, -0.05) is 77.6 Å². The van der Waals surface area contributed by atoms with Crippen molar-refractivity contribution in [3.05, 3.63) is 0 Å². The molecule has 0 aliphatic heterocycles. The number of hydrogen-bond acceptors (Lipinski definition) is 4. The van der Waals surface area contributed by atoms with Gasteiger partial charge in [-0.3, -0.25) is 9.59 Å². The summed E-state index contributed by atoms with van der Waals surface area (Å²) in [6.07, 6.45) is 15.7. The van der Waals surface area contributed by atoms with Crippen LogP contribution in [0.5, 0.6) is 0 Å². The summed E-state index contributed by atoms with van der Waals surface area (Å²) in [5, 5.41) is 14.9. The Morgan fingerprint density at radius 1 is 0.857 bits per heavy atom. The molecule has 166 valence electrons. The maximum Gasteiger partial charge on any atom is 0.304 e. The van der Waals surface area contributed by atoms with E-state index in [1.807, 2.05) is 19.0 Å². The van der Waals surface area contributed by atoms with Crippen molar-refractivity contribution in [1.82, 2.24) is 15.5 Å². The number of unbranched alkanes of at least 4 members (excludes halogenated alkanes) is 11. The van der Waals surface area contributed by atoms with E-state index < -0.39 is 5.97 Å². The molecule has 0 aromatic rings. The Kier molecular flexibility index (Phi) is 18.4. The maximum absolute atomic E-state index is 11.9. The van der Waals surface area contributed by atoms with Crippen LogP contribution in [0.2, 0.25) is 0 Å². The first-order valence-corrected chi connectivity index (χ1v) is 11.3. The van der Waals surface area contributed by atoms with Crippen LogP contribution >= 0.6 is 0 Å². The first-order chi connectivity index (χ1) is 13.5. The van der Waals surface area contributed by atoms with E-state index in [0.717, 1.165) is 12.8 Å². The standard InChI is InChI=1S/C22H45N3O3/c1-4-5-6-7-8-9-10-11-12-13-14-15-16-23-21(26)18-24-20(17-22(27)28)19-25(2)3/h20,24H,4-19H2,1-3H3,(H,23,26)(H,27,28)/t20-/m1/s1. The molecule has 0 aliphatic rings. The number of likely N-dealkylation sites (N-methyl/N-ethyl adjacent to an activating group) is 1. The van der Waals surface area contributed by atoms with Crippen molar-refractivity contribution in [1.29, 1.82) is 0 Å². The topological polar surface area (TPSA) is 81.7 Å². The number of nitrogens with one attached hydrogen (secondary N) is 2. The largest absolute Gasteiger partial charge is 0.481 e. The lowest BCUT2D eigenvalue weighted by atomic mass is 10.1. The zero-order valence-electron chi connectivity index (χ0n) is 18.6. The number of amides is 1. The molecule has 0 heterocycles. The highest BCUT2D eigenvalue weighted by Gasteiger charge is 2.14. The van der Waals surface area contributed by atoms with Crippen molar-refractivity contribution in [2.75, 3.05) is 33.7 Å². The van der Waals surface area contributed by atoms with E-state index in [9.17, 15) is 9.59 Å². The Labute approximate surface area is 172 Å². The zero-order valence-corrected chi connectivity index (χ0v) is 18.6. The van der Waals surface area contributed by atoms with Gasteiger partial charge in [-0.25, -0.2) is 0 Å². The van der Waals surface area contributed by atoms with Crippen molar-refractivity contribution in [2.24, 2.45) is 0 Å². The van der Waals surface area contributed by atoms with Gasteiger partial charge in [-0.05, 0) is 20.5 Å².